The standard InChI is InChI=1S/C19H32N4O3/c1-6-19(4,5)26-11-16(24)21-13-7-8-14(9-13)22-18(25)15-10-20-23-17(15)12(2)3/h10,12-14H,6-9,11H2,1-5H3,(H,20,23)(H,21,24)(H,22,25)/t13-,14+/m1/s1. The van der Waals surface area contributed by atoms with E-state index in [-0.39, 0.29) is 42.0 Å². The van der Waals surface area contributed by atoms with E-state index in [4.69, 9.17) is 4.74 Å². The molecule has 0 bridgehead atoms. The zero-order valence-corrected chi connectivity index (χ0v) is 16.5. The van der Waals surface area contributed by atoms with Gasteiger partial charge in [0.15, 0.2) is 0 Å². The van der Waals surface area contributed by atoms with E-state index >= 15 is 0 Å². The van der Waals surface area contributed by atoms with Crippen LogP contribution in [0.1, 0.15) is 82.3 Å². The highest BCUT2D eigenvalue weighted by Gasteiger charge is 2.28. The number of hydrogen-bond acceptors (Lipinski definition) is 4. The minimum Gasteiger partial charge on any atom is -0.366 e. The van der Waals surface area contributed by atoms with Crippen LogP contribution in [0.4, 0.5) is 0 Å². The van der Waals surface area contributed by atoms with E-state index in [1.165, 1.54) is 0 Å². The highest BCUT2D eigenvalue weighted by molar-refractivity contribution is 5.95. The number of nitrogens with zero attached hydrogens (tertiary/aromatic N) is 1. The minimum atomic E-state index is -0.289. The van der Waals surface area contributed by atoms with Gasteiger partial charge in [0.05, 0.1) is 23.1 Å². The number of carbonyl (C=O) groups excluding carboxylic acids is 2. The van der Waals surface area contributed by atoms with Crippen LogP contribution in [0.2, 0.25) is 0 Å². The van der Waals surface area contributed by atoms with E-state index < -0.39 is 0 Å². The first-order chi connectivity index (χ1) is 12.2. The Morgan fingerprint density at radius 2 is 1.96 bits per heavy atom. The van der Waals surface area contributed by atoms with Crippen molar-refractivity contribution in [3.05, 3.63) is 17.5 Å². The number of H-pyrrole nitrogens is 1. The summed E-state index contributed by atoms with van der Waals surface area (Å²) < 4.78 is 5.63. The van der Waals surface area contributed by atoms with Crippen LogP contribution < -0.4 is 10.6 Å². The first-order valence-electron chi connectivity index (χ1n) is 9.49. The van der Waals surface area contributed by atoms with Crippen LogP contribution in [-0.2, 0) is 9.53 Å². The van der Waals surface area contributed by atoms with Crippen molar-refractivity contribution in [2.24, 2.45) is 0 Å². The van der Waals surface area contributed by atoms with Crippen LogP contribution >= 0.6 is 0 Å². The summed E-state index contributed by atoms with van der Waals surface area (Å²) in [6, 6.07) is 0.144. The molecule has 7 heteroatoms. The van der Waals surface area contributed by atoms with Gasteiger partial charge in [0.1, 0.15) is 6.61 Å². The van der Waals surface area contributed by atoms with Crippen LogP contribution in [0.5, 0.6) is 0 Å². The van der Waals surface area contributed by atoms with Crippen molar-refractivity contribution in [1.82, 2.24) is 20.8 Å². The van der Waals surface area contributed by atoms with E-state index in [0.29, 0.717) is 5.56 Å². The SMILES string of the molecule is CCC(C)(C)OCC(=O)N[C@@H]1CC[C@H](NC(=O)c2cn[nH]c2C(C)C)C1. The van der Waals surface area contributed by atoms with Gasteiger partial charge >= 0.3 is 0 Å². The minimum absolute atomic E-state index is 0.0655. The summed E-state index contributed by atoms with van der Waals surface area (Å²) in [5.74, 6) is 0.00845. The molecule has 0 saturated heterocycles. The lowest BCUT2D eigenvalue weighted by Crippen LogP contribution is -2.40. The molecule has 0 spiro atoms. The van der Waals surface area contributed by atoms with Gasteiger partial charge in [-0.05, 0) is 45.4 Å². The number of aromatic amines is 1. The Balaban J connectivity index is 1.78. The van der Waals surface area contributed by atoms with Crippen molar-refractivity contribution in [3.8, 4) is 0 Å². The monoisotopic (exact) mass is 364 g/mol. The maximum atomic E-state index is 12.5. The van der Waals surface area contributed by atoms with Gasteiger partial charge in [-0.2, -0.15) is 5.10 Å². The maximum Gasteiger partial charge on any atom is 0.254 e. The van der Waals surface area contributed by atoms with Crippen molar-refractivity contribution in [2.75, 3.05) is 6.61 Å². The van der Waals surface area contributed by atoms with Crippen LogP contribution in [0.15, 0.2) is 6.20 Å². The lowest BCUT2D eigenvalue weighted by atomic mass is 10.1. The molecule has 146 valence electrons. The van der Waals surface area contributed by atoms with Gasteiger partial charge in [-0.3, -0.25) is 14.7 Å². The molecule has 1 aromatic rings. The molecule has 1 aliphatic carbocycles. The number of carbonyl (C=O) groups is 2. The molecule has 7 nitrogen and oxygen atoms in total. The van der Waals surface area contributed by atoms with Crippen molar-refractivity contribution < 1.29 is 14.3 Å². The second-order valence-electron chi connectivity index (χ2n) is 8.00. The van der Waals surface area contributed by atoms with Gasteiger partial charge in [0.2, 0.25) is 5.91 Å². The van der Waals surface area contributed by atoms with E-state index in [1.807, 2.05) is 34.6 Å². The van der Waals surface area contributed by atoms with Crippen LogP contribution in [0, 0.1) is 0 Å². The Morgan fingerprint density at radius 1 is 1.31 bits per heavy atom. The molecule has 1 fully saturated rings. The predicted octanol–water partition coefficient (Wildman–Crippen LogP) is 2.51. The fourth-order valence-electron chi connectivity index (χ4n) is 3.06. The van der Waals surface area contributed by atoms with Gasteiger partial charge in [-0.25, -0.2) is 0 Å². The van der Waals surface area contributed by atoms with E-state index in [2.05, 4.69) is 20.8 Å². The van der Waals surface area contributed by atoms with Crippen molar-refractivity contribution in [1.29, 1.82) is 0 Å². The zero-order valence-electron chi connectivity index (χ0n) is 16.5. The molecule has 1 saturated carbocycles. The Bertz CT molecular complexity index is 624. The second-order valence-corrected chi connectivity index (χ2v) is 8.00. The highest BCUT2D eigenvalue weighted by atomic mass is 16.5. The summed E-state index contributed by atoms with van der Waals surface area (Å²) in [5, 5.41) is 13.0. The molecule has 3 N–H and O–H groups in total. The number of nitrogens with one attached hydrogen (secondary N) is 3. The summed E-state index contributed by atoms with van der Waals surface area (Å²) in [4.78, 5) is 24.5. The lowest BCUT2D eigenvalue weighted by Gasteiger charge is -2.23. The van der Waals surface area contributed by atoms with E-state index in [0.717, 1.165) is 31.4 Å². The fraction of sp³-hybridized carbons (Fsp3) is 0.737. The molecule has 26 heavy (non-hydrogen) atoms. The van der Waals surface area contributed by atoms with Crippen molar-refractivity contribution >= 4 is 11.8 Å². The molecular formula is C19H32N4O3. The Morgan fingerprint density at radius 3 is 2.58 bits per heavy atom. The quantitative estimate of drug-likeness (QED) is 0.660. The first-order valence-corrected chi connectivity index (χ1v) is 9.49. The Labute approximate surface area is 155 Å². The molecule has 1 aliphatic rings. The maximum absolute atomic E-state index is 12.5. The Hall–Kier alpha value is -1.89. The third-order valence-electron chi connectivity index (χ3n) is 5.07. The molecule has 1 aromatic heterocycles. The molecule has 2 atom stereocenters. The molecule has 0 radical (unpaired) electrons. The number of ether oxygens (including phenoxy) is 1. The molecule has 2 amide bonds. The summed E-state index contributed by atoms with van der Waals surface area (Å²) in [7, 11) is 0. The average molecular weight is 364 g/mol. The summed E-state index contributed by atoms with van der Waals surface area (Å²) in [5.41, 5.74) is 1.16. The molecule has 0 aromatic carbocycles. The molecule has 0 unspecified atom stereocenters. The Kier molecular flexibility index (Phi) is 6.81. The number of amides is 2. The first kappa shape index (κ1) is 20.4. The molecule has 1 heterocycles. The number of aromatic nitrogens is 2. The van der Waals surface area contributed by atoms with Gasteiger partial charge in [-0.1, -0.05) is 20.8 Å². The van der Waals surface area contributed by atoms with Crippen molar-refractivity contribution in [3.63, 3.8) is 0 Å². The van der Waals surface area contributed by atoms with Crippen LogP contribution in [-0.4, -0.2) is 46.3 Å². The largest absolute Gasteiger partial charge is 0.366 e. The summed E-state index contributed by atoms with van der Waals surface area (Å²) in [6.07, 6.45) is 4.88. The fourth-order valence-corrected chi connectivity index (χ4v) is 3.06. The van der Waals surface area contributed by atoms with Gasteiger partial charge in [0, 0.05) is 12.1 Å². The topological polar surface area (TPSA) is 96.1 Å². The zero-order chi connectivity index (χ0) is 19.3. The number of rotatable bonds is 8. The molecular weight excluding hydrogens is 332 g/mol. The summed E-state index contributed by atoms with van der Waals surface area (Å²) >= 11 is 0. The van der Waals surface area contributed by atoms with Crippen LogP contribution in [0.25, 0.3) is 0 Å². The van der Waals surface area contributed by atoms with Gasteiger partial charge < -0.3 is 15.4 Å². The van der Waals surface area contributed by atoms with Gasteiger partial charge in [-0.15, -0.1) is 0 Å². The summed E-state index contributed by atoms with van der Waals surface area (Å²) in [6.45, 7) is 10.1. The second kappa shape index (κ2) is 8.66. The predicted molar refractivity (Wildman–Crippen MR) is 100 cm³/mol. The normalized spacial score (nSPS) is 20.4. The third-order valence-corrected chi connectivity index (χ3v) is 5.07. The highest BCUT2D eigenvalue weighted by Crippen LogP contribution is 2.21. The van der Waals surface area contributed by atoms with E-state index in [9.17, 15) is 9.59 Å². The van der Waals surface area contributed by atoms with Crippen molar-refractivity contribution in [2.45, 2.75) is 83.9 Å². The number of hydrogen-bond donors (Lipinski definition) is 3. The van der Waals surface area contributed by atoms with Crippen LogP contribution in [0.3, 0.4) is 0 Å². The van der Waals surface area contributed by atoms with E-state index in [1.54, 1.807) is 6.20 Å². The molecule has 2 rings (SSSR count). The van der Waals surface area contributed by atoms with Gasteiger partial charge in [0.25, 0.3) is 5.91 Å². The smallest absolute Gasteiger partial charge is 0.254 e. The average Bonchev–Trinajstić information content (AvgIpc) is 3.22. The molecule has 0 aliphatic heterocycles. The third kappa shape index (κ3) is 5.56. The lowest BCUT2D eigenvalue weighted by molar-refractivity contribution is -0.132.